The van der Waals surface area contributed by atoms with Crippen LogP contribution in [-0.4, -0.2) is 53.9 Å². The molecule has 9 nitrogen and oxygen atoms in total. The maximum absolute atomic E-state index is 13.5. The lowest BCUT2D eigenvalue weighted by molar-refractivity contribution is 0.116. The molecule has 2 atom stereocenters. The molecule has 0 radical (unpaired) electrons. The van der Waals surface area contributed by atoms with E-state index < -0.39 is 44.4 Å². The summed E-state index contributed by atoms with van der Waals surface area (Å²) >= 11 is 0. The zero-order valence-electron chi connectivity index (χ0n) is 18.9. The standard InChI is InChI=1S/C22H23F3N6O3S/c1-13-10-30(11-14(2)35(13,26)33)22(32)31(18-7-4-16(23)5-8-18)12-17-6-3-15(9-27-17)20-28-29-21(34-20)19(24)25/h3-9,13-14,19,26H,10-12H2,1-2H3. The van der Waals surface area contributed by atoms with Gasteiger partial charge in [-0.3, -0.25) is 14.7 Å². The van der Waals surface area contributed by atoms with E-state index in [1.165, 1.54) is 40.3 Å². The van der Waals surface area contributed by atoms with Gasteiger partial charge in [0.15, 0.2) is 0 Å². The number of benzene rings is 1. The number of aromatic nitrogens is 3. The van der Waals surface area contributed by atoms with Gasteiger partial charge in [0.25, 0.3) is 5.89 Å². The molecule has 1 N–H and O–H groups in total. The van der Waals surface area contributed by atoms with Gasteiger partial charge in [-0.05, 0) is 50.2 Å². The van der Waals surface area contributed by atoms with Gasteiger partial charge in [0, 0.05) is 25.0 Å². The third-order valence-corrected chi connectivity index (χ3v) is 8.50. The first kappa shape index (κ1) is 24.6. The number of anilines is 1. The SMILES string of the molecule is CC1CN(C(=O)N(Cc2ccc(-c3nnc(C(F)F)o3)cn2)c2ccc(F)cc2)CC(C)S1(=N)=O. The molecule has 0 aliphatic carbocycles. The number of amides is 2. The first-order valence-corrected chi connectivity index (χ1v) is 12.4. The molecule has 2 amide bonds. The van der Waals surface area contributed by atoms with E-state index in [-0.39, 0.29) is 25.5 Å². The molecule has 4 rings (SSSR count). The summed E-state index contributed by atoms with van der Waals surface area (Å²) in [4.78, 5) is 20.8. The van der Waals surface area contributed by atoms with Crippen molar-refractivity contribution in [2.45, 2.75) is 37.3 Å². The summed E-state index contributed by atoms with van der Waals surface area (Å²) in [6.45, 7) is 3.69. The first-order chi connectivity index (χ1) is 16.6. The van der Waals surface area contributed by atoms with Crippen LogP contribution in [0.4, 0.5) is 23.7 Å². The quantitative estimate of drug-likeness (QED) is 0.544. The molecule has 2 aromatic heterocycles. The molecule has 13 heteroatoms. The average molecular weight is 509 g/mol. The maximum Gasteiger partial charge on any atom is 0.324 e. The molecule has 186 valence electrons. The Morgan fingerprint density at radius 2 is 1.83 bits per heavy atom. The first-order valence-electron chi connectivity index (χ1n) is 10.7. The average Bonchev–Trinajstić information content (AvgIpc) is 3.32. The summed E-state index contributed by atoms with van der Waals surface area (Å²) in [5.74, 6) is -1.36. The lowest BCUT2D eigenvalue weighted by atomic mass is 10.2. The molecule has 1 aliphatic rings. The van der Waals surface area contributed by atoms with Crippen LogP contribution in [0.15, 0.2) is 47.0 Å². The summed E-state index contributed by atoms with van der Waals surface area (Å²) in [6.07, 6.45) is -1.52. The topological polar surface area (TPSA) is 116 Å². The third-order valence-electron chi connectivity index (χ3n) is 5.81. The van der Waals surface area contributed by atoms with Gasteiger partial charge < -0.3 is 9.32 Å². The number of pyridine rings is 1. The molecule has 0 bridgehead atoms. The number of urea groups is 1. The monoisotopic (exact) mass is 508 g/mol. The number of carbonyl (C=O) groups excluding carboxylic acids is 1. The molecule has 3 heterocycles. The predicted molar refractivity (Wildman–Crippen MR) is 122 cm³/mol. The Hall–Kier alpha value is -3.48. The molecule has 0 saturated carbocycles. The minimum atomic E-state index is -2.89. The Balaban J connectivity index is 1.59. The lowest BCUT2D eigenvalue weighted by Gasteiger charge is -2.39. The van der Waals surface area contributed by atoms with Gasteiger partial charge in [-0.2, -0.15) is 8.78 Å². The summed E-state index contributed by atoms with van der Waals surface area (Å²) in [7, 11) is -2.84. The minimum Gasteiger partial charge on any atom is -0.415 e. The molecule has 1 aromatic carbocycles. The Morgan fingerprint density at radius 1 is 1.17 bits per heavy atom. The summed E-state index contributed by atoms with van der Waals surface area (Å²) < 4.78 is 64.6. The van der Waals surface area contributed by atoms with Gasteiger partial charge in [-0.15, -0.1) is 10.2 Å². The molecule has 1 fully saturated rings. The van der Waals surface area contributed by atoms with Crippen molar-refractivity contribution < 1.29 is 26.6 Å². The number of rotatable bonds is 5. The number of hydrogen-bond donors (Lipinski definition) is 1. The van der Waals surface area contributed by atoms with E-state index in [4.69, 9.17) is 9.20 Å². The van der Waals surface area contributed by atoms with E-state index in [0.29, 0.717) is 16.9 Å². The molecule has 1 saturated heterocycles. The van der Waals surface area contributed by atoms with Crippen molar-refractivity contribution in [3.05, 3.63) is 60.0 Å². The Labute approximate surface area is 199 Å². The zero-order chi connectivity index (χ0) is 25.3. The fourth-order valence-electron chi connectivity index (χ4n) is 3.78. The van der Waals surface area contributed by atoms with Crippen molar-refractivity contribution in [3.63, 3.8) is 0 Å². The maximum atomic E-state index is 13.5. The van der Waals surface area contributed by atoms with Crippen LogP contribution in [0.25, 0.3) is 11.5 Å². The number of hydrogen-bond acceptors (Lipinski definition) is 7. The Bertz CT molecular complexity index is 1280. The highest BCUT2D eigenvalue weighted by Crippen LogP contribution is 2.26. The van der Waals surface area contributed by atoms with E-state index in [2.05, 4.69) is 15.2 Å². The van der Waals surface area contributed by atoms with Gasteiger partial charge in [0.1, 0.15) is 5.82 Å². The largest absolute Gasteiger partial charge is 0.415 e. The number of nitrogens with one attached hydrogen (secondary N) is 1. The van der Waals surface area contributed by atoms with Crippen LogP contribution in [-0.2, 0) is 16.3 Å². The summed E-state index contributed by atoms with van der Waals surface area (Å²) in [6, 6.07) is 8.16. The van der Waals surface area contributed by atoms with Crippen molar-refractivity contribution in [1.29, 1.82) is 4.78 Å². The molecular formula is C22H23F3N6O3S. The molecule has 35 heavy (non-hydrogen) atoms. The summed E-state index contributed by atoms with van der Waals surface area (Å²) in [5.41, 5.74) is 1.22. The number of alkyl halides is 2. The van der Waals surface area contributed by atoms with Crippen LogP contribution in [0.2, 0.25) is 0 Å². The van der Waals surface area contributed by atoms with E-state index in [1.807, 2.05) is 0 Å². The van der Waals surface area contributed by atoms with Crippen LogP contribution in [0.3, 0.4) is 0 Å². The van der Waals surface area contributed by atoms with Crippen molar-refractivity contribution >= 4 is 21.4 Å². The van der Waals surface area contributed by atoms with E-state index in [9.17, 15) is 22.2 Å². The van der Waals surface area contributed by atoms with Crippen LogP contribution >= 0.6 is 0 Å². The second kappa shape index (κ2) is 9.64. The number of halogens is 3. The fraction of sp³-hybridized carbons (Fsp3) is 0.364. The second-order valence-corrected chi connectivity index (χ2v) is 11.2. The molecule has 1 aliphatic heterocycles. The van der Waals surface area contributed by atoms with Gasteiger partial charge in [-0.1, -0.05) is 0 Å². The molecular weight excluding hydrogens is 485 g/mol. The smallest absolute Gasteiger partial charge is 0.324 e. The molecule has 2 unspecified atom stereocenters. The van der Waals surface area contributed by atoms with E-state index in [0.717, 1.165) is 0 Å². The molecule has 3 aromatic rings. The Kier molecular flexibility index (Phi) is 6.79. The normalized spacial score (nSPS) is 22.4. The second-order valence-electron chi connectivity index (χ2n) is 8.30. The zero-order valence-corrected chi connectivity index (χ0v) is 19.7. The van der Waals surface area contributed by atoms with Gasteiger partial charge in [0.2, 0.25) is 5.89 Å². The molecule has 0 spiro atoms. The summed E-state index contributed by atoms with van der Waals surface area (Å²) in [5, 5.41) is 5.87. The van der Waals surface area contributed by atoms with Crippen LogP contribution < -0.4 is 4.90 Å². The predicted octanol–water partition coefficient (Wildman–Crippen LogP) is 4.47. The van der Waals surface area contributed by atoms with Gasteiger partial charge in [-0.25, -0.2) is 13.4 Å². The van der Waals surface area contributed by atoms with Crippen molar-refractivity contribution in [1.82, 2.24) is 20.1 Å². The van der Waals surface area contributed by atoms with E-state index >= 15 is 0 Å². The van der Waals surface area contributed by atoms with E-state index in [1.54, 1.807) is 26.0 Å². The lowest BCUT2D eigenvalue weighted by Crippen LogP contribution is -2.55. The number of nitrogens with zero attached hydrogens (tertiary/aromatic N) is 5. The van der Waals surface area contributed by atoms with Crippen molar-refractivity contribution in [2.75, 3.05) is 18.0 Å². The van der Waals surface area contributed by atoms with Crippen LogP contribution in [0, 0.1) is 10.6 Å². The van der Waals surface area contributed by atoms with Crippen molar-refractivity contribution in [3.8, 4) is 11.5 Å². The fourth-order valence-corrected chi connectivity index (χ4v) is 5.37. The highest BCUT2D eigenvalue weighted by molar-refractivity contribution is 7.93. The van der Waals surface area contributed by atoms with Gasteiger partial charge >= 0.3 is 12.5 Å². The van der Waals surface area contributed by atoms with Gasteiger partial charge in [0.05, 0.1) is 38.0 Å². The minimum absolute atomic E-state index is 0.0202. The number of carbonyl (C=O) groups is 1. The van der Waals surface area contributed by atoms with Crippen LogP contribution in [0.1, 0.15) is 31.9 Å². The highest BCUT2D eigenvalue weighted by Gasteiger charge is 2.36. The Morgan fingerprint density at radius 3 is 2.37 bits per heavy atom. The van der Waals surface area contributed by atoms with Crippen molar-refractivity contribution in [2.24, 2.45) is 0 Å². The third kappa shape index (κ3) is 5.14. The van der Waals surface area contributed by atoms with Crippen LogP contribution in [0.5, 0.6) is 0 Å². The highest BCUT2D eigenvalue weighted by atomic mass is 32.2.